The number of benzene rings is 1. The molecule has 21 heavy (non-hydrogen) atoms. The van der Waals surface area contributed by atoms with Crippen LogP contribution in [0.3, 0.4) is 0 Å². The van der Waals surface area contributed by atoms with Gasteiger partial charge in [0.2, 0.25) is 5.91 Å². The number of rotatable bonds is 5. The maximum Gasteiger partial charge on any atom is 0.328 e. The van der Waals surface area contributed by atoms with Crippen LogP contribution in [0.5, 0.6) is 0 Å². The second kappa shape index (κ2) is 7.56. The fraction of sp³-hybridized carbons (Fsp3) is 0.467. The quantitative estimate of drug-likeness (QED) is 0.816. The Bertz CT molecular complexity index is 514. The summed E-state index contributed by atoms with van der Waals surface area (Å²) in [6.07, 6.45) is 1.07. The summed E-state index contributed by atoms with van der Waals surface area (Å²) in [4.78, 5) is 24.0. The van der Waals surface area contributed by atoms with E-state index in [0.29, 0.717) is 26.1 Å². The molecule has 1 N–H and O–H groups in total. The summed E-state index contributed by atoms with van der Waals surface area (Å²) in [6.45, 7) is 1.000. The molecule has 1 saturated heterocycles. The van der Waals surface area contributed by atoms with Crippen molar-refractivity contribution >= 4 is 27.8 Å². The van der Waals surface area contributed by atoms with E-state index in [1.807, 2.05) is 24.3 Å². The number of amides is 1. The minimum absolute atomic E-state index is 0.157. The van der Waals surface area contributed by atoms with Gasteiger partial charge in [0.1, 0.15) is 6.04 Å². The lowest BCUT2D eigenvalue weighted by molar-refractivity contribution is -0.145. The minimum atomic E-state index is -0.693. The first-order valence-corrected chi connectivity index (χ1v) is 7.60. The zero-order valence-corrected chi connectivity index (χ0v) is 13.4. The molecule has 1 aromatic rings. The second-order valence-corrected chi connectivity index (χ2v) is 5.79. The molecule has 1 heterocycles. The van der Waals surface area contributed by atoms with Gasteiger partial charge in [-0.2, -0.15) is 0 Å². The average molecular weight is 356 g/mol. The molecule has 2 rings (SSSR count). The smallest absolute Gasteiger partial charge is 0.328 e. The van der Waals surface area contributed by atoms with Crippen molar-refractivity contribution in [2.24, 2.45) is 5.92 Å². The topological polar surface area (TPSA) is 64.6 Å². The average Bonchev–Trinajstić information content (AvgIpc) is 3.02. The van der Waals surface area contributed by atoms with Crippen LogP contribution >= 0.6 is 15.9 Å². The van der Waals surface area contributed by atoms with E-state index in [2.05, 4.69) is 21.2 Å². The normalized spacial score (nSPS) is 19.0. The Balaban J connectivity index is 2.06. The molecule has 0 spiro atoms. The van der Waals surface area contributed by atoms with E-state index in [1.165, 1.54) is 7.11 Å². The van der Waals surface area contributed by atoms with Crippen molar-refractivity contribution in [1.29, 1.82) is 0 Å². The Kier molecular flexibility index (Phi) is 5.76. The predicted octanol–water partition coefficient (Wildman–Crippen LogP) is 1.69. The molecule has 0 saturated carbocycles. The molecular weight excluding hydrogens is 338 g/mol. The number of carbonyl (C=O) groups is 2. The number of hydrogen-bond acceptors (Lipinski definition) is 4. The van der Waals surface area contributed by atoms with E-state index in [1.54, 1.807) is 0 Å². The summed E-state index contributed by atoms with van der Waals surface area (Å²) < 4.78 is 10.9. The first-order valence-electron chi connectivity index (χ1n) is 6.81. The Morgan fingerprint density at radius 3 is 2.86 bits per heavy atom. The maximum atomic E-state index is 12.1. The van der Waals surface area contributed by atoms with Gasteiger partial charge < -0.3 is 14.8 Å². The van der Waals surface area contributed by atoms with Gasteiger partial charge >= 0.3 is 5.97 Å². The summed E-state index contributed by atoms with van der Waals surface area (Å²) in [6, 6.07) is 6.90. The maximum absolute atomic E-state index is 12.1. The number of halogens is 1. The lowest BCUT2D eigenvalue weighted by Crippen LogP contribution is -2.45. The van der Waals surface area contributed by atoms with Crippen LogP contribution in [0.2, 0.25) is 0 Å². The van der Waals surface area contributed by atoms with Crippen LogP contribution in [0.4, 0.5) is 0 Å². The molecule has 0 unspecified atom stereocenters. The van der Waals surface area contributed by atoms with E-state index < -0.39 is 12.0 Å². The molecular formula is C15H18BrNO4. The molecule has 0 aromatic heterocycles. The standard InChI is InChI=1S/C15H18BrNO4/c1-20-15(19)13(8-10-4-2-3-5-12(10)16)17-14(18)11-6-7-21-9-11/h2-5,11,13H,6-9H2,1H3,(H,17,18)/t11-,13+/m0/s1. The van der Waals surface area contributed by atoms with Gasteiger partial charge in [-0.15, -0.1) is 0 Å². The largest absolute Gasteiger partial charge is 0.467 e. The van der Waals surface area contributed by atoms with Crippen LogP contribution < -0.4 is 5.32 Å². The predicted molar refractivity (Wildman–Crippen MR) is 80.7 cm³/mol. The summed E-state index contributed by atoms with van der Waals surface area (Å²) in [7, 11) is 1.32. The molecule has 1 aliphatic rings. The number of hydrogen-bond donors (Lipinski definition) is 1. The molecule has 1 fully saturated rings. The first kappa shape index (κ1) is 16.0. The molecule has 0 bridgehead atoms. The van der Waals surface area contributed by atoms with E-state index >= 15 is 0 Å². The lowest BCUT2D eigenvalue weighted by atomic mass is 10.0. The number of esters is 1. The second-order valence-electron chi connectivity index (χ2n) is 4.94. The van der Waals surface area contributed by atoms with E-state index in [4.69, 9.17) is 9.47 Å². The number of methoxy groups -OCH3 is 1. The van der Waals surface area contributed by atoms with Crippen LogP contribution in [0.1, 0.15) is 12.0 Å². The van der Waals surface area contributed by atoms with Crippen LogP contribution in [0.25, 0.3) is 0 Å². The van der Waals surface area contributed by atoms with Crippen molar-refractivity contribution in [3.8, 4) is 0 Å². The highest BCUT2D eigenvalue weighted by Crippen LogP contribution is 2.19. The molecule has 2 atom stereocenters. The summed E-state index contributed by atoms with van der Waals surface area (Å²) in [5.41, 5.74) is 0.941. The number of nitrogens with one attached hydrogen (secondary N) is 1. The highest BCUT2D eigenvalue weighted by Gasteiger charge is 2.29. The Morgan fingerprint density at radius 2 is 2.24 bits per heavy atom. The third-order valence-electron chi connectivity index (χ3n) is 3.48. The van der Waals surface area contributed by atoms with Gasteiger partial charge in [0.25, 0.3) is 0 Å². The van der Waals surface area contributed by atoms with Crippen molar-refractivity contribution in [3.63, 3.8) is 0 Å². The van der Waals surface area contributed by atoms with Gasteiger partial charge in [0, 0.05) is 17.5 Å². The third kappa shape index (κ3) is 4.28. The zero-order chi connectivity index (χ0) is 15.2. The lowest BCUT2D eigenvalue weighted by Gasteiger charge is -2.19. The molecule has 1 aromatic carbocycles. The fourth-order valence-electron chi connectivity index (χ4n) is 2.25. The first-order chi connectivity index (χ1) is 10.1. The van der Waals surface area contributed by atoms with Gasteiger partial charge in [0.15, 0.2) is 0 Å². The molecule has 0 radical (unpaired) electrons. The molecule has 114 valence electrons. The van der Waals surface area contributed by atoms with Crippen molar-refractivity contribution in [3.05, 3.63) is 34.3 Å². The van der Waals surface area contributed by atoms with Crippen LogP contribution in [0, 0.1) is 5.92 Å². The summed E-state index contributed by atoms with van der Waals surface area (Å²) in [5.74, 6) is -0.788. The zero-order valence-electron chi connectivity index (χ0n) is 11.8. The Morgan fingerprint density at radius 1 is 1.48 bits per heavy atom. The summed E-state index contributed by atoms with van der Waals surface area (Å²) >= 11 is 3.44. The molecule has 6 heteroatoms. The van der Waals surface area contributed by atoms with Gasteiger partial charge in [-0.05, 0) is 18.1 Å². The van der Waals surface area contributed by atoms with Crippen molar-refractivity contribution in [2.45, 2.75) is 18.9 Å². The number of ether oxygens (including phenoxy) is 2. The summed E-state index contributed by atoms with van der Waals surface area (Å²) in [5, 5.41) is 2.77. The van der Waals surface area contributed by atoms with Crippen LogP contribution in [-0.4, -0.2) is 38.2 Å². The highest BCUT2D eigenvalue weighted by atomic mass is 79.9. The van der Waals surface area contributed by atoms with E-state index in [0.717, 1.165) is 10.0 Å². The van der Waals surface area contributed by atoms with Crippen molar-refractivity contribution < 1.29 is 19.1 Å². The van der Waals surface area contributed by atoms with Gasteiger partial charge in [-0.25, -0.2) is 4.79 Å². The fourth-order valence-corrected chi connectivity index (χ4v) is 2.70. The minimum Gasteiger partial charge on any atom is -0.467 e. The van der Waals surface area contributed by atoms with E-state index in [-0.39, 0.29) is 11.8 Å². The van der Waals surface area contributed by atoms with E-state index in [9.17, 15) is 9.59 Å². The number of carbonyl (C=O) groups excluding carboxylic acids is 2. The Hall–Kier alpha value is -1.40. The highest BCUT2D eigenvalue weighted by molar-refractivity contribution is 9.10. The SMILES string of the molecule is COC(=O)[C@@H](Cc1ccccc1Br)NC(=O)[C@H]1CCOC1. The molecule has 1 aliphatic heterocycles. The van der Waals surface area contributed by atoms with Crippen LogP contribution in [0.15, 0.2) is 28.7 Å². The van der Waals surface area contributed by atoms with Crippen molar-refractivity contribution in [1.82, 2.24) is 5.32 Å². The van der Waals surface area contributed by atoms with Gasteiger partial charge in [0.05, 0.1) is 19.6 Å². The van der Waals surface area contributed by atoms with Crippen molar-refractivity contribution in [2.75, 3.05) is 20.3 Å². The Labute approximate surface area is 132 Å². The van der Waals surface area contributed by atoms with Gasteiger partial charge in [-0.1, -0.05) is 34.1 Å². The van der Waals surface area contributed by atoms with Gasteiger partial charge in [-0.3, -0.25) is 4.79 Å². The van der Waals surface area contributed by atoms with Crippen LogP contribution in [-0.2, 0) is 25.5 Å². The molecule has 1 amide bonds. The molecule has 5 nitrogen and oxygen atoms in total. The molecule has 0 aliphatic carbocycles. The monoisotopic (exact) mass is 355 g/mol. The third-order valence-corrected chi connectivity index (χ3v) is 4.26.